The molecule has 0 radical (unpaired) electrons. The van der Waals surface area contributed by atoms with Crippen LogP contribution in [0.5, 0.6) is 0 Å². The number of rotatable bonds is 3. The van der Waals surface area contributed by atoms with Crippen molar-refractivity contribution in [3.8, 4) is 0 Å². The number of hydrogen-bond acceptors (Lipinski definition) is 6. The van der Waals surface area contributed by atoms with Gasteiger partial charge in [0.25, 0.3) is 0 Å². The molecule has 0 aromatic heterocycles. The lowest BCUT2D eigenvalue weighted by Crippen LogP contribution is -2.54. The topological polar surface area (TPSA) is 99.4 Å². The summed E-state index contributed by atoms with van der Waals surface area (Å²) in [4.78, 5) is 0. The van der Waals surface area contributed by atoms with Crippen LogP contribution in [0.1, 0.15) is 0 Å². The molecule has 3 atom stereocenters. The van der Waals surface area contributed by atoms with Crippen molar-refractivity contribution in [2.75, 3.05) is 26.9 Å². The van der Waals surface area contributed by atoms with Gasteiger partial charge in [-0.1, -0.05) is 0 Å². The predicted molar refractivity (Wildman–Crippen MR) is 40.8 cm³/mol. The van der Waals surface area contributed by atoms with Gasteiger partial charge in [0.05, 0.1) is 13.2 Å². The van der Waals surface area contributed by atoms with E-state index in [1.54, 1.807) is 0 Å². The number of aliphatic hydroxyl groups excluding tert-OH is 2. The fourth-order valence-electron chi connectivity index (χ4n) is 1.29. The van der Waals surface area contributed by atoms with Crippen LogP contribution in [0, 0.1) is 0 Å². The Morgan fingerprint density at radius 2 is 2.15 bits per heavy atom. The molecule has 1 aliphatic rings. The second-order valence-electron chi connectivity index (χ2n) is 3.23. The minimum atomic E-state index is -1.94. The van der Waals surface area contributed by atoms with Crippen molar-refractivity contribution in [1.29, 1.82) is 0 Å². The molecule has 78 valence electrons. The largest absolute Gasteiger partial charge is 0.393 e. The van der Waals surface area contributed by atoms with Crippen LogP contribution in [0.25, 0.3) is 0 Å². The second-order valence-corrected chi connectivity index (χ2v) is 3.23. The Hall–Kier alpha value is -0.240. The fourth-order valence-corrected chi connectivity index (χ4v) is 1.29. The Morgan fingerprint density at radius 3 is 2.54 bits per heavy atom. The highest BCUT2D eigenvalue weighted by atomic mass is 16.7. The van der Waals surface area contributed by atoms with Crippen LogP contribution in [0.3, 0.4) is 0 Å². The van der Waals surface area contributed by atoms with E-state index in [1.165, 1.54) is 7.11 Å². The molecule has 6 nitrogen and oxygen atoms in total. The molecule has 1 aliphatic heterocycles. The van der Waals surface area contributed by atoms with E-state index in [4.69, 9.17) is 9.84 Å². The maximum absolute atomic E-state index is 9.56. The first kappa shape index (κ1) is 10.8. The van der Waals surface area contributed by atoms with Gasteiger partial charge in [0.2, 0.25) is 5.79 Å². The molecular weight excluding hydrogens is 180 g/mol. The number of hydrogen-bond donors (Lipinski definition) is 4. The van der Waals surface area contributed by atoms with E-state index in [9.17, 15) is 15.3 Å². The highest BCUT2D eigenvalue weighted by molar-refractivity contribution is 5.00. The van der Waals surface area contributed by atoms with E-state index in [-0.39, 0.29) is 13.2 Å². The van der Waals surface area contributed by atoms with Crippen molar-refractivity contribution in [2.45, 2.75) is 17.5 Å². The van der Waals surface area contributed by atoms with Gasteiger partial charge in [0.15, 0.2) is 0 Å². The monoisotopic (exact) mass is 194 g/mol. The molecule has 3 unspecified atom stereocenters. The summed E-state index contributed by atoms with van der Waals surface area (Å²) in [5.74, 6) is -1.94. The van der Waals surface area contributed by atoms with Gasteiger partial charge in [0, 0.05) is 7.11 Å². The average Bonchev–Trinajstić information content (AvgIpc) is 2.33. The first-order chi connectivity index (χ1) is 5.98. The van der Waals surface area contributed by atoms with Crippen LogP contribution in [0.15, 0.2) is 0 Å². The Bertz CT molecular complexity index is 186. The van der Waals surface area contributed by atoms with Gasteiger partial charge in [-0.25, -0.2) is 0 Å². The third-order valence-electron chi connectivity index (χ3n) is 2.13. The molecule has 0 spiro atoms. The van der Waals surface area contributed by atoms with E-state index in [1.807, 2.05) is 0 Å². The van der Waals surface area contributed by atoms with Crippen molar-refractivity contribution in [1.82, 2.24) is 0 Å². The van der Waals surface area contributed by atoms with Crippen molar-refractivity contribution < 1.29 is 29.9 Å². The molecule has 1 saturated heterocycles. The third kappa shape index (κ3) is 1.69. The first-order valence-electron chi connectivity index (χ1n) is 3.85. The summed E-state index contributed by atoms with van der Waals surface area (Å²) in [5.41, 5.74) is -1.81. The van der Waals surface area contributed by atoms with Gasteiger partial charge in [-0.2, -0.15) is 0 Å². The zero-order chi connectivity index (χ0) is 10.1. The normalized spacial score (nSPS) is 45.5. The van der Waals surface area contributed by atoms with Gasteiger partial charge < -0.3 is 29.9 Å². The van der Waals surface area contributed by atoms with E-state index >= 15 is 0 Å². The molecule has 0 saturated carbocycles. The molecule has 0 aliphatic carbocycles. The molecule has 4 N–H and O–H groups in total. The lowest BCUT2D eigenvalue weighted by atomic mass is 9.96. The molecule has 0 aromatic rings. The third-order valence-corrected chi connectivity index (χ3v) is 2.13. The number of methoxy groups -OCH3 is 1. The van der Waals surface area contributed by atoms with Crippen molar-refractivity contribution in [3.05, 3.63) is 0 Å². The summed E-state index contributed by atoms with van der Waals surface area (Å²) < 4.78 is 9.38. The summed E-state index contributed by atoms with van der Waals surface area (Å²) in [6.45, 7) is -1.28. The second kappa shape index (κ2) is 3.49. The van der Waals surface area contributed by atoms with Crippen LogP contribution in [0.2, 0.25) is 0 Å². The molecule has 1 rings (SSSR count). The number of aliphatic hydroxyl groups is 4. The maximum atomic E-state index is 9.56. The molecule has 1 fully saturated rings. The van der Waals surface area contributed by atoms with E-state index < -0.39 is 24.1 Å². The summed E-state index contributed by atoms with van der Waals surface area (Å²) >= 11 is 0. The Morgan fingerprint density at radius 1 is 1.54 bits per heavy atom. The van der Waals surface area contributed by atoms with Crippen LogP contribution >= 0.6 is 0 Å². The summed E-state index contributed by atoms with van der Waals surface area (Å²) in [5, 5.41) is 37.2. The van der Waals surface area contributed by atoms with Crippen LogP contribution < -0.4 is 0 Å². The minimum Gasteiger partial charge on any atom is -0.393 e. The molecule has 0 aromatic carbocycles. The van der Waals surface area contributed by atoms with Crippen LogP contribution in [0.4, 0.5) is 0 Å². The molecule has 0 bridgehead atoms. The first-order valence-corrected chi connectivity index (χ1v) is 3.85. The van der Waals surface area contributed by atoms with Gasteiger partial charge in [-0.15, -0.1) is 0 Å². The minimum absolute atomic E-state index is 0.267. The Kier molecular flexibility index (Phi) is 2.91. The Labute approximate surface area is 75.3 Å². The SMILES string of the molecule is COCC1(O)OCC(O)(CO)C1O. The van der Waals surface area contributed by atoms with Gasteiger partial charge in [-0.05, 0) is 0 Å². The van der Waals surface area contributed by atoms with Gasteiger partial charge in [-0.3, -0.25) is 0 Å². The molecule has 13 heavy (non-hydrogen) atoms. The average molecular weight is 194 g/mol. The lowest BCUT2D eigenvalue weighted by molar-refractivity contribution is -0.242. The van der Waals surface area contributed by atoms with E-state index in [2.05, 4.69) is 4.74 Å². The van der Waals surface area contributed by atoms with Gasteiger partial charge >= 0.3 is 0 Å². The van der Waals surface area contributed by atoms with Gasteiger partial charge in [0.1, 0.15) is 18.3 Å². The maximum Gasteiger partial charge on any atom is 0.219 e. The van der Waals surface area contributed by atoms with E-state index in [0.29, 0.717) is 0 Å². The van der Waals surface area contributed by atoms with E-state index in [0.717, 1.165) is 0 Å². The Balaban J connectivity index is 2.74. The summed E-state index contributed by atoms with van der Waals surface area (Å²) in [6.07, 6.45) is -1.58. The highest BCUT2D eigenvalue weighted by Gasteiger charge is 2.56. The lowest BCUT2D eigenvalue weighted by Gasteiger charge is -2.28. The quantitative estimate of drug-likeness (QED) is 0.394. The van der Waals surface area contributed by atoms with Crippen molar-refractivity contribution in [2.24, 2.45) is 0 Å². The smallest absolute Gasteiger partial charge is 0.219 e. The predicted octanol–water partition coefficient (Wildman–Crippen LogP) is -2.56. The zero-order valence-corrected chi connectivity index (χ0v) is 7.30. The summed E-state index contributed by atoms with van der Waals surface area (Å²) in [6, 6.07) is 0. The molecule has 1 heterocycles. The zero-order valence-electron chi connectivity index (χ0n) is 7.30. The van der Waals surface area contributed by atoms with Crippen LogP contribution in [-0.4, -0.2) is 64.8 Å². The van der Waals surface area contributed by atoms with Crippen LogP contribution in [-0.2, 0) is 9.47 Å². The van der Waals surface area contributed by atoms with Crippen molar-refractivity contribution in [3.63, 3.8) is 0 Å². The molecule has 6 heteroatoms. The standard InChI is InChI=1S/C7H14O6/c1-12-4-7(11)5(9)6(10,2-8)3-13-7/h5,8-11H,2-4H2,1H3. The van der Waals surface area contributed by atoms with Crippen molar-refractivity contribution >= 4 is 0 Å². The molecule has 0 amide bonds. The highest BCUT2D eigenvalue weighted by Crippen LogP contribution is 2.31. The fraction of sp³-hybridized carbons (Fsp3) is 1.00. The molecular formula is C7H14O6. The summed E-state index contributed by atoms with van der Waals surface area (Å²) in [7, 11) is 1.32. The number of ether oxygens (including phenoxy) is 2.